The zero-order valence-corrected chi connectivity index (χ0v) is 35.0. The van der Waals surface area contributed by atoms with Crippen molar-refractivity contribution >= 4 is 0 Å². The number of aliphatic hydroxyl groups is 10. The number of aliphatic hydroxyl groups excluding tert-OH is 9. The second-order valence-electron chi connectivity index (χ2n) is 21.2. The third-order valence-corrected chi connectivity index (χ3v) is 17.4. The molecule has 3 heterocycles. The van der Waals surface area contributed by atoms with Crippen molar-refractivity contribution < 1.29 is 74.7 Å². The van der Waals surface area contributed by atoms with E-state index >= 15 is 0 Å². The summed E-state index contributed by atoms with van der Waals surface area (Å²) < 4.78 is 31.8. The molecule has 330 valence electrons. The Bertz CT molecular complexity index is 1440. The third-order valence-electron chi connectivity index (χ3n) is 17.4. The van der Waals surface area contributed by atoms with Crippen molar-refractivity contribution in [3.63, 3.8) is 0 Å². The van der Waals surface area contributed by atoms with Gasteiger partial charge in [-0.2, -0.15) is 0 Å². The number of rotatable bonds is 8. The van der Waals surface area contributed by atoms with Crippen molar-refractivity contribution in [2.45, 2.75) is 204 Å². The number of fused-ring (bicyclic) bond motifs is 5. The Morgan fingerprint density at radius 2 is 1.30 bits per heavy atom. The first-order valence-corrected chi connectivity index (χ1v) is 21.4. The third kappa shape index (κ3) is 6.80. The molecule has 7 rings (SSSR count). The molecule has 57 heavy (non-hydrogen) atoms. The fraction of sp³-hybridized carbons (Fsp3) is 1.00. The van der Waals surface area contributed by atoms with Crippen LogP contribution in [0.3, 0.4) is 0 Å². The maximum Gasteiger partial charge on any atom is 0.187 e. The number of hydrogen-bond donors (Lipinski definition) is 10. The minimum absolute atomic E-state index is 0.0316. The van der Waals surface area contributed by atoms with Crippen molar-refractivity contribution in [2.24, 2.45) is 45.3 Å². The molecule has 1 unspecified atom stereocenters. The molecule has 0 aromatic heterocycles. The van der Waals surface area contributed by atoms with Crippen LogP contribution in [0.25, 0.3) is 0 Å². The van der Waals surface area contributed by atoms with Gasteiger partial charge in [-0.1, -0.05) is 34.6 Å². The molecule has 4 saturated carbocycles. The molecule has 3 saturated heterocycles. The first kappa shape index (κ1) is 44.5. The fourth-order valence-corrected chi connectivity index (χ4v) is 14.1. The zero-order valence-electron chi connectivity index (χ0n) is 35.0. The molecule has 7 aliphatic rings. The van der Waals surface area contributed by atoms with Crippen LogP contribution in [0.1, 0.15) is 107 Å². The van der Waals surface area contributed by atoms with Gasteiger partial charge in [0.25, 0.3) is 0 Å². The summed E-state index contributed by atoms with van der Waals surface area (Å²) in [6, 6.07) is 0. The van der Waals surface area contributed by atoms with E-state index in [-0.39, 0.29) is 29.8 Å². The van der Waals surface area contributed by atoms with Crippen LogP contribution in [0.5, 0.6) is 0 Å². The molecule has 0 spiro atoms. The van der Waals surface area contributed by atoms with Gasteiger partial charge in [-0.25, -0.2) is 0 Å². The highest BCUT2D eigenvalue weighted by Gasteiger charge is 2.74. The van der Waals surface area contributed by atoms with Crippen LogP contribution >= 0.6 is 0 Å². The Kier molecular flexibility index (Phi) is 11.7. The van der Waals surface area contributed by atoms with E-state index in [0.717, 1.165) is 25.7 Å². The molecule has 0 aromatic rings. The number of ether oxygens (including phenoxy) is 5. The SMILES string of the molecule is CC(C)(O)[C@@H]1CC[C@@](C)([C@H]2CC[C@]3(C)[C@@H]2[C@H](O)C[C@@H]2[C@@]4(C)CC[C@H](O)C(C)(C)C4[C@@H](O[C@@H]4O[C@H](CO)[C@@H](O)[C@H](O)[C@H]4O[C@@H]4O[C@H](CO)[C@@H](O)[C@H](O)[C@H]4O)C[C@]23C)O1. The first-order chi connectivity index (χ1) is 26.4. The van der Waals surface area contributed by atoms with E-state index in [9.17, 15) is 51.1 Å². The first-order valence-electron chi connectivity index (χ1n) is 21.4. The summed E-state index contributed by atoms with van der Waals surface area (Å²) in [4.78, 5) is 0. The van der Waals surface area contributed by atoms with E-state index in [2.05, 4.69) is 27.7 Å². The van der Waals surface area contributed by atoms with Crippen molar-refractivity contribution in [1.29, 1.82) is 0 Å². The van der Waals surface area contributed by atoms with E-state index in [1.54, 1.807) is 13.8 Å². The summed E-state index contributed by atoms with van der Waals surface area (Å²) in [6.07, 6.45) is -12.6. The van der Waals surface area contributed by atoms with E-state index < -0.39 is 126 Å². The summed E-state index contributed by atoms with van der Waals surface area (Å²) in [6.45, 7) is 15.3. The molecular formula is C42H72O15. The maximum atomic E-state index is 12.4. The minimum atomic E-state index is -1.81. The van der Waals surface area contributed by atoms with Crippen LogP contribution < -0.4 is 0 Å². The average Bonchev–Trinajstić information content (AvgIpc) is 3.73. The molecule has 4 aliphatic carbocycles. The Labute approximate surface area is 336 Å². The van der Waals surface area contributed by atoms with Gasteiger partial charge in [0.2, 0.25) is 0 Å². The lowest BCUT2D eigenvalue weighted by Gasteiger charge is -2.72. The van der Waals surface area contributed by atoms with Gasteiger partial charge >= 0.3 is 0 Å². The van der Waals surface area contributed by atoms with Gasteiger partial charge in [0.05, 0.1) is 48.8 Å². The second-order valence-corrected chi connectivity index (χ2v) is 21.2. The summed E-state index contributed by atoms with van der Waals surface area (Å²) in [7, 11) is 0. The van der Waals surface area contributed by atoms with E-state index in [1.807, 2.05) is 13.8 Å². The van der Waals surface area contributed by atoms with Crippen molar-refractivity contribution in [3.05, 3.63) is 0 Å². The van der Waals surface area contributed by atoms with Gasteiger partial charge in [0, 0.05) is 0 Å². The molecule has 15 heteroatoms. The summed E-state index contributed by atoms with van der Waals surface area (Å²) >= 11 is 0. The number of hydrogen-bond acceptors (Lipinski definition) is 15. The fourth-order valence-electron chi connectivity index (χ4n) is 14.1. The highest BCUT2D eigenvalue weighted by atomic mass is 16.8. The molecule has 0 bridgehead atoms. The van der Waals surface area contributed by atoms with Crippen molar-refractivity contribution in [3.8, 4) is 0 Å². The zero-order chi connectivity index (χ0) is 42.0. The predicted molar refractivity (Wildman–Crippen MR) is 202 cm³/mol. The van der Waals surface area contributed by atoms with Crippen molar-refractivity contribution in [2.75, 3.05) is 13.2 Å². The second kappa shape index (κ2) is 15.0. The van der Waals surface area contributed by atoms with Crippen LogP contribution in [-0.4, -0.2) is 161 Å². The Morgan fingerprint density at radius 3 is 1.89 bits per heavy atom. The molecule has 3 aliphatic heterocycles. The molecule has 15 nitrogen and oxygen atoms in total. The van der Waals surface area contributed by atoms with Gasteiger partial charge in [-0.05, 0) is 117 Å². The smallest absolute Gasteiger partial charge is 0.187 e. The predicted octanol–water partition coefficient (Wildman–Crippen LogP) is 0.331. The molecule has 10 N–H and O–H groups in total. The van der Waals surface area contributed by atoms with Gasteiger partial charge in [-0.15, -0.1) is 0 Å². The van der Waals surface area contributed by atoms with Gasteiger partial charge in [0.15, 0.2) is 12.6 Å². The summed E-state index contributed by atoms with van der Waals surface area (Å²) in [5.41, 5.74) is -3.49. The average molecular weight is 817 g/mol. The molecule has 7 fully saturated rings. The maximum absolute atomic E-state index is 12.4. The topological polar surface area (TPSA) is 248 Å². The molecule has 22 atom stereocenters. The Morgan fingerprint density at radius 1 is 0.684 bits per heavy atom. The molecule has 0 radical (unpaired) electrons. The molecular weight excluding hydrogens is 744 g/mol. The summed E-state index contributed by atoms with van der Waals surface area (Å²) in [5, 5.41) is 109. The Balaban J connectivity index is 1.26. The lowest BCUT2D eigenvalue weighted by molar-refractivity contribution is -0.383. The van der Waals surface area contributed by atoms with Crippen molar-refractivity contribution in [1.82, 2.24) is 0 Å². The highest BCUT2D eigenvalue weighted by molar-refractivity contribution is 5.22. The minimum Gasteiger partial charge on any atom is -0.394 e. The normalized spacial score (nSPS) is 56.5. The lowest BCUT2D eigenvalue weighted by Crippen LogP contribution is -2.71. The van der Waals surface area contributed by atoms with E-state index in [4.69, 9.17) is 23.7 Å². The Hall–Kier alpha value is -0.600. The summed E-state index contributed by atoms with van der Waals surface area (Å²) in [5.74, 6) is -0.343. The molecule has 0 amide bonds. The standard InChI is InChI=1S/C42H72O15/c1-37(2)25(46)10-12-39(5)24-15-20(45)27-19(42(8)14-11-26(57-42)38(3,4)52)9-13-40(27,6)41(24,7)16-21(34(37)39)53-36-33(31(50)29(48)23(18-44)55-36)56-35-32(51)30(49)28(47)22(17-43)54-35/h19-36,43-52H,9-18H2,1-8H3/t19-,20+,21-,22+,23+,24+,25-,26-,27-,28+,29+,30-,31-,32+,33+,34?,35-,36+,39+,40+,41+,42-/m0/s1. The molecule has 0 aromatic carbocycles. The van der Waals surface area contributed by atoms with E-state index in [0.29, 0.717) is 25.7 Å². The van der Waals surface area contributed by atoms with Crippen LogP contribution in [0.4, 0.5) is 0 Å². The van der Waals surface area contributed by atoms with Crippen LogP contribution in [0.15, 0.2) is 0 Å². The monoisotopic (exact) mass is 816 g/mol. The van der Waals surface area contributed by atoms with Crippen LogP contribution in [0.2, 0.25) is 0 Å². The van der Waals surface area contributed by atoms with Crippen LogP contribution in [-0.2, 0) is 23.7 Å². The van der Waals surface area contributed by atoms with Crippen LogP contribution in [0, 0.1) is 45.3 Å². The van der Waals surface area contributed by atoms with E-state index in [1.165, 1.54) is 0 Å². The highest BCUT2D eigenvalue weighted by Crippen LogP contribution is 2.76. The van der Waals surface area contributed by atoms with Gasteiger partial charge in [0.1, 0.15) is 48.8 Å². The lowest BCUT2D eigenvalue weighted by atomic mass is 9.34. The van der Waals surface area contributed by atoms with Gasteiger partial charge in [-0.3, -0.25) is 0 Å². The largest absolute Gasteiger partial charge is 0.394 e. The quantitative estimate of drug-likeness (QED) is 0.148. The van der Waals surface area contributed by atoms with Gasteiger partial charge < -0.3 is 74.7 Å².